The number of hydrogen-bond acceptors (Lipinski definition) is 7. The third kappa shape index (κ3) is 5.66. The number of nitrogens with zero attached hydrogens (tertiary/aromatic N) is 5. The van der Waals surface area contributed by atoms with E-state index in [-0.39, 0.29) is 18.5 Å². The van der Waals surface area contributed by atoms with Crippen LogP contribution in [0.2, 0.25) is 0 Å². The summed E-state index contributed by atoms with van der Waals surface area (Å²) in [5.74, 6) is 0.780. The van der Waals surface area contributed by atoms with Gasteiger partial charge in [0, 0.05) is 51.2 Å². The summed E-state index contributed by atoms with van der Waals surface area (Å²) in [6, 6.07) is 8.32. The number of carbonyl (C=O) groups is 2. The maximum absolute atomic E-state index is 12.6. The van der Waals surface area contributed by atoms with Crippen molar-refractivity contribution >= 4 is 28.7 Å². The van der Waals surface area contributed by atoms with Gasteiger partial charge < -0.3 is 19.4 Å². The number of anilines is 1. The smallest absolute Gasteiger partial charge is 0.409 e. The van der Waals surface area contributed by atoms with Crippen molar-refractivity contribution in [1.29, 1.82) is 0 Å². The molecule has 156 valence electrons. The normalized spacial score (nSPS) is 14.0. The topological polar surface area (TPSA) is 78.9 Å². The fourth-order valence-electron chi connectivity index (χ4n) is 3.08. The number of rotatable bonds is 6. The van der Waals surface area contributed by atoms with Crippen molar-refractivity contribution in [3.05, 3.63) is 41.2 Å². The summed E-state index contributed by atoms with van der Waals surface area (Å²) >= 11 is 1.30. The van der Waals surface area contributed by atoms with Gasteiger partial charge in [-0.2, -0.15) is 4.37 Å². The zero-order valence-corrected chi connectivity index (χ0v) is 17.9. The van der Waals surface area contributed by atoms with Gasteiger partial charge in [-0.05, 0) is 19.4 Å². The Balaban J connectivity index is 1.49. The number of aromatic nitrogens is 2. The van der Waals surface area contributed by atoms with Crippen molar-refractivity contribution in [3.63, 3.8) is 0 Å². The molecule has 1 aromatic carbocycles. The molecule has 0 bridgehead atoms. The third-order valence-corrected chi connectivity index (χ3v) is 5.67. The molecule has 0 N–H and O–H groups in total. The Labute approximate surface area is 175 Å². The van der Waals surface area contributed by atoms with E-state index in [4.69, 9.17) is 4.74 Å². The molecule has 29 heavy (non-hydrogen) atoms. The van der Waals surface area contributed by atoms with Crippen LogP contribution in [0.1, 0.15) is 23.9 Å². The molecule has 1 aliphatic rings. The summed E-state index contributed by atoms with van der Waals surface area (Å²) in [4.78, 5) is 34.2. The summed E-state index contributed by atoms with van der Waals surface area (Å²) in [5, 5.41) is 0.727. The van der Waals surface area contributed by atoms with Gasteiger partial charge >= 0.3 is 6.09 Å². The van der Waals surface area contributed by atoms with Crippen molar-refractivity contribution in [2.75, 3.05) is 51.3 Å². The molecule has 1 fully saturated rings. The Morgan fingerprint density at radius 1 is 1.14 bits per heavy atom. The summed E-state index contributed by atoms with van der Waals surface area (Å²) in [5.41, 5.74) is 2.39. The molecule has 0 spiro atoms. The number of carbonyl (C=O) groups excluding carboxylic acids is 2. The van der Waals surface area contributed by atoms with Gasteiger partial charge in [0.25, 0.3) is 0 Å². The first-order valence-electron chi connectivity index (χ1n) is 9.75. The second-order valence-electron chi connectivity index (χ2n) is 7.08. The molecule has 2 aromatic rings. The first-order valence-corrected chi connectivity index (χ1v) is 10.5. The quantitative estimate of drug-likeness (QED) is 0.717. The molecular weight excluding hydrogens is 390 g/mol. The molecule has 0 atom stereocenters. The lowest BCUT2D eigenvalue weighted by Gasteiger charge is -2.34. The average Bonchev–Trinajstić information content (AvgIpc) is 3.18. The van der Waals surface area contributed by atoms with E-state index in [0.717, 1.165) is 16.5 Å². The lowest BCUT2D eigenvalue weighted by atomic mass is 10.1. The highest BCUT2D eigenvalue weighted by Crippen LogP contribution is 2.18. The van der Waals surface area contributed by atoms with Crippen LogP contribution in [-0.2, 0) is 16.0 Å². The molecule has 1 aromatic heterocycles. The van der Waals surface area contributed by atoms with Crippen LogP contribution in [0.5, 0.6) is 0 Å². The Kier molecular flexibility index (Phi) is 7.03. The molecule has 1 saturated heterocycles. The predicted octanol–water partition coefficient (Wildman–Crippen LogP) is 2.17. The molecule has 2 heterocycles. The van der Waals surface area contributed by atoms with Gasteiger partial charge in [0.15, 0.2) is 0 Å². The van der Waals surface area contributed by atoms with Crippen LogP contribution in [0.25, 0.3) is 0 Å². The Bertz CT molecular complexity index is 831. The van der Waals surface area contributed by atoms with E-state index in [1.165, 1.54) is 17.1 Å². The Morgan fingerprint density at radius 3 is 2.45 bits per heavy atom. The van der Waals surface area contributed by atoms with Crippen LogP contribution >= 0.6 is 11.5 Å². The fraction of sp³-hybridized carbons (Fsp3) is 0.500. The van der Waals surface area contributed by atoms with Gasteiger partial charge in [-0.1, -0.05) is 29.8 Å². The summed E-state index contributed by atoms with van der Waals surface area (Å²) in [6.07, 6.45) is 0.362. The molecule has 3 rings (SSSR count). The maximum atomic E-state index is 12.6. The molecular formula is C20H27N5O3S. The van der Waals surface area contributed by atoms with Crippen LogP contribution in [0, 0.1) is 6.92 Å². The number of piperazine rings is 1. The van der Waals surface area contributed by atoms with Crippen LogP contribution in [0.4, 0.5) is 9.93 Å². The largest absolute Gasteiger partial charge is 0.450 e. The van der Waals surface area contributed by atoms with Crippen LogP contribution in [0.15, 0.2) is 24.3 Å². The molecule has 1 aliphatic heterocycles. The van der Waals surface area contributed by atoms with Crippen LogP contribution in [0.3, 0.4) is 0 Å². The second kappa shape index (κ2) is 9.69. The third-order valence-electron chi connectivity index (χ3n) is 4.80. The molecule has 9 heteroatoms. The van der Waals surface area contributed by atoms with Gasteiger partial charge in [0.1, 0.15) is 5.82 Å². The first-order chi connectivity index (χ1) is 14.0. The zero-order valence-electron chi connectivity index (χ0n) is 17.1. The number of hydrogen-bond donors (Lipinski definition) is 0. The van der Waals surface area contributed by atoms with Gasteiger partial charge in [-0.3, -0.25) is 4.79 Å². The first kappa shape index (κ1) is 21.0. The standard InChI is InChI=1S/C20H27N5O3S/c1-4-28-20(27)25-11-9-24(10-12-25)18(26)14-23(3)19-21-17(22-29-19)13-16-7-5-15(2)6-8-16/h5-8H,4,9-14H2,1-3H3. The Morgan fingerprint density at radius 2 is 1.79 bits per heavy atom. The highest BCUT2D eigenvalue weighted by atomic mass is 32.1. The van der Waals surface area contributed by atoms with Crippen LogP contribution in [-0.4, -0.2) is 77.5 Å². The summed E-state index contributed by atoms with van der Waals surface area (Å²) in [7, 11) is 1.85. The highest BCUT2D eigenvalue weighted by Gasteiger charge is 2.25. The molecule has 8 nitrogen and oxygen atoms in total. The molecule has 0 radical (unpaired) electrons. The Hall–Kier alpha value is -2.68. The molecule has 0 aliphatic carbocycles. The van der Waals surface area contributed by atoms with E-state index in [1.54, 1.807) is 16.7 Å². The molecule has 0 unspecified atom stereocenters. The lowest BCUT2D eigenvalue weighted by molar-refractivity contribution is -0.131. The van der Waals surface area contributed by atoms with Gasteiger partial charge in [0.2, 0.25) is 11.0 Å². The highest BCUT2D eigenvalue weighted by molar-refractivity contribution is 7.09. The summed E-state index contributed by atoms with van der Waals surface area (Å²) < 4.78 is 9.44. The minimum absolute atomic E-state index is 0.0197. The monoisotopic (exact) mass is 417 g/mol. The fourth-order valence-corrected chi connectivity index (χ4v) is 3.73. The number of ether oxygens (including phenoxy) is 1. The van der Waals surface area contributed by atoms with Crippen molar-refractivity contribution in [2.45, 2.75) is 20.3 Å². The van der Waals surface area contributed by atoms with Crippen molar-refractivity contribution < 1.29 is 14.3 Å². The second-order valence-corrected chi connectivity index (χ2v) is 7.81. The van der Waals surface area contributed by atoms with Crippen molar-refractivity contribution in [2.24, 2.45) is 0 Å². The predicted molar refractivity (Wildman–Crippen MR) is 112 cm³/mol. The van der Waals surface area contributed by atoms with Crippen LogP contribution < -0.4 is 4.90 Å². The van der Waals surface area contributed by atoms with Crippen molar-refractivity contribution in [1.82, 2.24) is 19.2 Å². The average molecular weight is 418 g/mol. The number of aryl methyl sites for hydroxylation is 1. The minimum atomic E-state index is -0.313. The van der Waals surface area contributed by atoms with E-state index in [2.05, 4.69) is 40.5 Å². The van der Waals surface area contributed by atoms with E-state index in [0.29, 0.717) is 39.2 Å². The van der Waals surface area contributed by atoms with Gasteiger partial charge in [0.05, 0.1) is 13.2 Å². The molecule has 0 saturated carbocycles. The number of benzene rings is 1. The van der Waals surface area contributed by atoms with E-state index >= 15 is 0 Å². The number of amides is 2. The van der Waals surface area contributed by atoms with Gasteiger partial charge in [-0.15, -0.1) is 0 Å². The van der Waals surface area contributed by atoms with E-state index in [9.17, 15) is 9.59 Å². The van der Waals surface area contributed by atoms with E-state index < -0.39 is 0 Å². The summed E-state index contributed by atoms with van der Waals surface area (Å²) in [6.45, 7) is 6.45. The van der Waals surface area contributed by atoms with Crippen molar-refractivity contribution in [3.8, 4) is 0 Å². The minimum Gasteiger partial charge on any atom is -0.450 e. The van der Waals surface area contributed by atoms with Gasteiger partial charge in [-0.25, -0.2) is 9.78 Å². The van der Waals surface area contributed by atoms with E-state index in [1.807, 2.05) is 11.9 Å². The SMILES string of the molecule is CCOC(=O)N1CCN(C(=O)CN(C)c2nc(Cc3ccc(C)cc3)ns2)CC1. The zero-order chi connectivity index (χ0) is 20.8. The maximum Gasteiger partial charge on any atom is 0.409 e. The lowest BCUT2D eigenvalue weighted by Crippen LogP contribution is -2.52. The number of likely N-dealkylation sites (N-methyl/N-ethyl adjacent to an activating group) is 1. The molecule has 2 amide bonds.